The van der Waals surface area contributed by atoms with Gasteiger partial charge in [0.15, 0.2) is 0 Å². The summed E-state index contributed by atoms with van der Waals surface area (Å²) in [6.45, 7) is 1.37. The van der Waals surface area contributed by atoms with Gasteiger partial charge in [-0.25, -0.2) is 0 Å². The summed E-state index contributed by atoms with van der Waals surface area (Å²) in [6, 6.07) is 17.4. The summed E-state index contributed by atoms with van der Waals surface area (Å²) in [5.74, 6) is 0.639. The van der Waals surface area contributed by atoms with E-state index in [1.807, 2.05) is 54.6 Å². The van der Waals surface area contributed by atoms with Crippen LogP contribution < -0.4 is 10.1 Å². The van der Waals surface area contributed by atoms with Gasteiger partial charge in [-0.15, -0.1) is 0 Å². The number of amides is 1. The predicted octanol–water partition coefficient (Wildman–Crippen LogP) is 3.08. The van der Waals surface area contributed by atoms with Gasteiger partial charge in [-0.1, -0.05) is 42.5 Å². The van der Waals surface area contributed by atoms with Crippen molar-refractivity contribution in [1.29, 1.82) is 0 Å². The molecule has 0 unspecified atom stereocenters. The number of hydrogen-bond acceptors (Lipinski definition) is 3. The Morgan fingerprint density at radius 3 is 2.48 bits per heavy atom. The molecule has 2 rings (SSSR count). The highest BCUT2D eigenvalue weighted by molar-refractivity contribution is 5.87. The Bertz CT molecular complexity index is 638. The van der Waals surface area contributed by atoms with Crippen LogP contribution in [-0.4, -0.2) is 19.6 Å². The molecule has 0 aliphatic heterocycles. The standard InChI is InChI=1S/C19H21NO3/c1-22-15-17-9-6-5-8-16(17)14-20-19(21)12-7-13-23-18-10-3-2-4-11-18/h2-12H,13-15H2,1H3,(H,20,21). The highest BCUT2D eigenvalue weighted by Gasteiger charge is 2.02. The average molecular weight is 311 g/mol. The summed E-state index contributed by atoms with van der Waals surface area (Å²) in [5, 5.41) is 2.86. The number of rotatable bonds is 8. The van der Waals surface area contributed by atoms with E-state index in [2.05, 4.69) is 5.32 Å². The lowest BCUT2D eigenvalue weighted by atomic mass is 10.1. The number of nitrogens with one attached hydrogen (secondary N) is 1. The van der Waals surface area contributed by atoms with Crippen LogP contribution in [0.15, 0.2) is 66.7 Å². The molecule has 0 atom stereocenters. The van der Waals surface area contributed by atoms with Crippen molar-refractivity contribution in [2.75, 3.05) is 13.7 Å². The molecule has 4 nitrogen and oxygen atoms in total. The van der Waals surface area contributed by atoms with E-state index in [4.69, 9.17) is 9.47 Å². The third kappa shape index (κ3) is 5.96. The number of methoxy groups -OCH3 is 1. The van der Waals surface area contributed by atoms with Crippen LogP contribution in [0.5, 0.6) is 5.75 Å². The number of carbonyl (C=O) groups excluding carboxylic acids is 1. The van der Waals surface area contributed by atoms with E-state index in [-0.39, 0.29) is 5.91 Å². The van der Waals surface area contributed by atoms with Gasteiger partial charge in [0, 0.05) is 19.7 Å². The van der Waals surface area contributed by atoms with E-state index in [0.29, 0.717) is 19.8 Å². The molecule has 120 valence electrons. The zero-order chi connectivity index (χ0) is 16.3. The van der Waals surface area contributed by atoms with Gasteiger partial charge >= 0.3 is 0 Å². The summed E-state index contributed by atoms with van der Waals surface area (Å²) in [7, 11) is 1.66. The van der Waals surface area contributed by atoms with E-state index in [9.17, 15) is 4.79 Å². The third-order valence-electron chi connectivity index (χ3n) is 3.23. The van der Waals surface area contributed by atoms with Crippen LogP contribution >= 0.6 is 0 Å². The molecule has 2 aromatic rings. The van der Waals surface area contributed by atoms with Gasteiger partial charge in [0.2, 0.25) is 5.91 Å². The van der Waals surface area contributed by atoms with Crippen LogP contribution in [0, 0.1) is 0 Å². The summed E-state index contributed by atoms with van der Waals surface area (Å²) in [6.07, 6.45) is 3.19. The van der Waals surface area contributed by atoms with E-state index in [1.54, 1.807) is 13.2 Å². The van der Waals surface area contributed by atoms with Crippen molar-refractivity contribution in [3.8, 4) is 5.75 Å². The monoisotopic (exact) mass is 311 g/mol. The van der Waals surface area contributed by atoms with E-state index in [0.717, 1.165) is 16.9 Å². The van der Waals surface area contributed by atoms with E-state index >= 15 is 0 Å². The van der Waals surface area contributed by atoms with Gasteiger partial charge in [-0.05, 0) is 29.3 Å². The van der Waals surface area contributed by atoms with Crippen LogP contribution in [0.3, 0.4) is 0 Å². The second-order valence-electron chi connectivity index (χ2n) is 4.95. The van der Waals surface area contributed by atoms with Crippen molar-refractivity contribution in [3.63, 3.8) is 0 Å². The number of para-hydroxylation sites is 1. The molecule has 0 bridgehead atoms. The second-order valence-corrected chi connectivity index (χ2v) is 4.95. The molecular formula is C19H21NO3. The largest absolute Gasteiger partial charge is 0.490 e. The fraction of sp³-hybridized carbons (Fsp3) is 0.211. The maximum Gasteiger partial charge on any atom is 0.244 e. The SMILES string of the molecule is COCc1ccccc1CNC(=O)C=CCOc1ccccc1. The maximum absolute atomic E-state index is 11.8. The van der Waals surface area contributed by atoms with Gasteiger partial charge < -0.3 is 14.8 Å². The lowest BCUT2D eigenvalue weighted by molar-refractivity contribution is -0.116. The minimum atomic E-state index is -0.145. The molecule has 0 fully saturated rings. The van der Waals surface area contributed by atoms with E-state index < -0.39 is 0 Å². The first-order valence-electron chi connectivity index (χ1n) is 7.47. The van der Waals surface area contributed by atoms with Crippen molar-refractivity contribution >= 4 is 5.91 Å². The molecule has 0 saturated heterocycles. The Morgan fingerprint density at radius 2 is 1.74 bits per heavy atom. The molecule has 0 spiro atoms. The highest BCUT2D eigenvalue weighted by Crippen LogP contribution is 2.10. The average Bonchev–Trinajstić information content (AvgIpc) is 2.59. The zero-order valence-electron chi connectivity index (χ0n) is 13.2. The molecule has 0 heterocycles. The molecule has 0 radical (unpaired) electrons. The molecule has 1 amide bonds. The quantitative estimate of drug-likeness (QED) is 0.762. The van der Waals surface area contributed by atoms with Gasteiger partial charge in [0.25, 0.3) is 0 Å². The molecular weight excluding hydrogens is 290 g/mol. The second kappa shape index (κ2) is 9.43. The summed E-state index contributed by atoms with van der Waals surface area (Å²) in [5.41, 5.74) is 2.13. The summed E-state index contributed by atoms with van der Waals surface area (Å²) < 4.78 is 10.6. The van der Waals surface area contributed by atoms with Crippen molar-refractivity contribution < 1.29 is 14.3 Å². The smallest absolute Gasteiger partial charge is 0.244 e. The van der Waals surface area contributed by atoms with Crippen LogP contribution in [0.4, 0.5) is 0 Å². The number of hydrogen-bond donors (Lipinski definition) is 1. The number of benzene rings is 2. The number of carbonyl (C=O) groups is 1. The maximum atomic E-state index is 11.8. The molecule has 23 heavy (non-hydrogen) atoms. The first-order chi connectivity index (χ1) is 11.3. The Hall–Kier alpha value is -2.59. The normalized spacial score (nSPS) is 10.7. The number of ether oxygens (including phenoxy) is 2. The topological polar surface area (TPSA) is 47.6 Å². The van der Waals surface area contributed by atoms with Gasteiger partial charge in [0.05, 0.1) is 6.61 Å². The molecule has 1 N–H and O–H groups in total. The third-order valence-corrected chi connectivity index (χ3v) is 3.23. The van der Waals surface area contributed by atoms with Crippen molar-refractivity contribution in [2.24, 2.45) is 0 Å². The first-order valence-corrected chi connectivity index (χ1v) is 7.47. The highest BCUT2D eigenvalue weighted by atomic mass is 16.5. The Balaban J connectivity index is 1.75. The fourth-order valence-corrected chi connectivity index (χ4v) is 2.08. The molecule has 4 heteroatoms. The minimum absolute atomic E-state index is 0.145. The first kappa shape index (κ1) is 16.8. The Kier molecular flexibility index (Phi) is 6.88. The van der Waals surface area contributed by atoms with Crippen molar-refractivity contribution in [1.82, 2.24) is 5.32 Å². The van der Waals surface area contributed by atoms with Gasteiger partial charge in [-0.3, -0.25) is 4.79 Å². The lowest BCUT2D eigenvalue weighted by Crippen LogP contribution is -2.21. The molecule has 0 saturated carbocycles. The molecule has 0 aliphatic rings. The van der Waals surface area contributed by atoms with Crippen molar-refractivity contribution in [3.05, 3.63) is 77.9 Å². The van der Waals surface area contributed by atoms with Crippen LogP contribution in [-0.2, 0) is 22.7 Å². The molecule has 0 aromatic heterocycles. The van der Waals surface area contributed by atoms with Gasteiger partial charge in [0.1, 0.15) is 12.4 Å². The van der Waals surface area contributed by atoms with Crippen LogP contribution in [0.25, 0.3) is 0 Å². The van der Waals surface area contributed by atoms with Crippen LogP contribution in [0.1, 0.15) is 11.1 Å². The summed E-state index contributed by atoms with van der Waals surface area (Å²) in [4.78, 5) is 11.8. The molecule has 2 aromatic carbocycles. The van der Waals surface area contributed by atoms with Crippen molar-refractivity contribution in [2.45, 2.75) is 13.2 Å². The molecule has 0 aliphatic carbocycles. The van der Waals surface area contributed by atoms with Gasteiger partial charge in [-0.2, -0.15) is 0 Å². The van der Waals surface area contributed by atoms with Crippen LogP contribution in [0.2, 0.25) is 0 Å². The predicted molar refractivity (Wildman–Crippen MR) is 90.1 cm³/mol. The zero-order valence-corrected chi connectivity index (χ0v) is 13.2. The Morgan fingerprint density at radius 1 is 1.04 bits per heavy atom. The summed E-state index contributed by atoms with van der Waals surface area (Å²) >= 11 is 0. The van der Waals surface area contributed by atoms with E-state index in [1.165, 1.54) is 6.08 Å². The lowest BCUT2D eigenvalue weighted by Gasteiger charge is -2.09. The fourth-order valence-electron chi connectivity index (χ4n) is 2.08. The minimum Gasteiger partial charge on any atom is -0.490 e. The Labute approximate surface area is 136 Å².